The second kappa shape index (κ2) is 6.42. The molecule has 1 aromatic heterocycles. The lowest BCUT2D eigenvalue weighted by atomic mass is 9.99. The second-order valence-corrected chi connectivity index (χ2v) is 5.53. The standard InChI is InChI=1S/C13H16N4O2S/c1-8-5-6-20-11(8)7-14-16-12(18)4-3-10-9(2)15-17-13(10)19/h5-7,10H,3-4H2,1-2H3,(H,16,18)(H,17,19). The van der Waals surface area contributed by atoms with Gasteiger partial charge < -0.3 is 0 Å². The molecule has 0 aliphatic carbocycles. The summed E-state index contributed by atoms with van der Waals surface area (Å²) in [4.78, 5) is 24.1. The summed E-state index contributed by atoms with van der Waals surface area (Å²) in [6.45, 7) is 3.76. The van der Waals surface area contributed by atoms with Gasteiger partial charge in [-0.25, -0.2) is 10.9 Å². The second-order valence-electron chi connectivity index (χ2n) is 4.58. The van der Waals surface area contributed by atoms with Crippen molar-refractivity contribution >= 4 is 35.1 Å². The molecule has 7 heteroatoms. The van der Waals surface area contributed by atoms with Crippen LogP contribution >= 0.6 is 11.3 Å². The lowest BCUT2D eigenvalue weighted by Crippen LogP contribution is -2.25. The molecule has 1 atom stereocenters. The fourth-order valence-electron chi connectivity index (χ4n) is 1.84. The molecule has 2 amide bonds. The Kier molecular flexibility index (Phi) is 4.62. The Morgan fingerprint density at radius 3 is 3.00 bits per heavy atom. The van der Waals surface area contributed by atoms with Crippen LogP contribution in [0.15, 0.2) is 21.6 Å². The molecule has 0 bridgehead atoms. The van der Waals surface area contributed by atoms with E-state index < -0.39 is 0 Å². The predicted octanol–water partition coefficient (Wildman–Crippen LogP) is 1.41. The third-order valence-corrected chi connectivity index (χ3v) is 4.05. The highest BCUT2D eigenvalue weighted by atomic mass is 32.1. The zero-order valence-electron chi connectivity index (χ0n) is 11.3. The van der Waals surface area contributed by atoms with Crippen molar-refractivity contribution < 1.29 is 9.59 Å². The number of carbonyl (C=O) groups excluding carboxylic acids is 2. The first-order valence-corrected chi connectivity index (χ1v) is 7.16. The number of amides is 2. The van der Waals surface area contributed by atoms with Gasteiger partial charge in [-0.2, -0.15) is 10.2 Å². The van der Waals surface area contributed by atoms with E-state index in [2.05, 4.69) is 21.1 Å². The lowest BCUT2D eigenvalue weighted by molar-refractivity contribution is -0.123. The molecule has 0 spiro atoms. The Morgan fingerprint density at radius 2 is 2.40 bits per heavy atom. The molecule has 0 aromatic carbocycles. The Balaban J connectivity index is 1.76. The number of carbonyl (C=O) groups is 2. The van der Waals surface area contributed by atoms with Gasteiger partial charge in [0.05, 0.1) is 12.1 Å². The fourth-order valence-corrected chi connectivity index (χ4v) is 2.63. The van der Waals surface area contributed by atoms with Gasteiger partial charge in [0.2, 0.25) is 11.8 Å². The highest BCUT2D eigenvalue weighted by Crippen LogP contribution is 2.14. The minimum atomic E-state index is -0.302. The molecule has 0 saturated heterocycles. The van der Waals surface area contributed by atoms with Gasteiger partial charge in [-0.05, 0) is 37.3 Å². The van der Waals surface area contributed by atoms with Gasteiger partial charge in [0.25, 0.3) is 0 Å². The van der Waals surface area contributed by atoms with Gasteiger partial charge in [0, 0.05) is 17.0 Å². The van der Waals surface area contributed by atoms with E-state index in [-0.39, 0.29) is 24.2 Å². The number of rotatable bonds is 5. The summed E-state index contributed by atoms with van der Waals surface area (Å²) in [6.07, 6.45) is 2.32. The normalized spacial score (nSPS) is 18.2. The number of nitrogens with zero attached hydrogens (tertiary/aromatic N) is 2. The molecule has 1 aliphatic heterocycles. The highest BCUT2D eigenvalue weighted by Gasteiger charge is 2.26. The van der Waals surface area contributed by atoms with E-state index in [1.165, 1.54) is 0 Å². The van der Waals surface area contributed by atoms with Crippen LogP contribution in [0.5, 0.6) is 0 Å². The van der Waals surface area contributed by atoms with Crippen LogP contribution in [0, 0.1) is 12.8 Å². The summed E-state index contributed by atoms with van der Waals surface area (Å²) in [5.74, 6) is -0.653. The average Bonchev–Trinajstić information content (AvgIpc) is 2.95. The van der Waals surface area contributed by atoms with E-state index >= 15 is 0 Å². The largest absolute Gasteiger partial charge is 0.273 e. The van der Waals surface area contributed by atoms with Gasteiger partial charge in [0.1, 0.15) is 0 Å². The van der Waals surface area contributed by atoms with Crippen LogP contribution in [0.3, 0.4) is 0 Å². The number of hydrazone groups is 2. The van der Waals surface area contributed by atoms with Crippen LogP contribution in [0.25, 0.3) is 0 Å². The summed E-state index contributed by atoms with van der Waals surface area (Å²) >= 11 is 1.57. The Bertz CT molecular complexity index is 577. The number of hydrogen-bond acceptors (Lipinski definition) is 5. The number of hydrogen-bond donors (Lipinski definition) is 2. The molecular weight excluding hydrogens is 276 g/mol. The maximum Gasteiger partial charge on any atom is 0.248 e. The molecule has 106 valence electrons. The Morgan fingerprint density at radius 1 is 1.60 bits per heavy atom. The predicted molar refractivity (Wildman–Crippen MR) is 78.8 cm³/mol. The molecule has 2 rings (SSSR count). The Labute approximate surface area is 121 Å². The molecule has 0 radical (unpaired) electrons. The van der Waals surface area contributed by atoms with Crippen molar-refractivity contribution in [2.45, 2.75) is 26.7 Å². The van der Waals surface area contributed by atoms with Crippen molar-refractivity contribution in [1.82, 2.24) is 10.9 Å². The maximum absolute atomic E-state index is 11.6. The lowest BCUT2D eigenvalue weighted by Gasteiger charge is -2.06. The van der Waals surface area contributed by atoms with Crippen molar-refractivity contribution in [1.29, 1.82) is 0 Å². The van der Waals surface area contributed by atoms with Gasteiger partial charge in [-0.15, -0.1) is 11.3 Å². The smallest absolute Gasteiger partial charge is 0.248 e. The number of nitrogens with one attached hydrogen (secondary N) is 2. The molecule has 1 aromatic rings. The van der Waals surface area contributed by atoms with Crippen LogP contribution < -0.4 is 10.9 Å². The topological polar surface area (TPSA) is 82.9 Å². The Hall–Kier alpha value is -2.02. The van der Waals surface area contributed by atoms with Gasteiger partial charge in [0.15, 0.2) is 0 Å². The molecule has 2 N–H and O–H groups in total. The van der Waals surface area contributed by atoms with Crippen LogP contribution in [0.2, 0.25) is 0 Å². The van der Waals surface area contributed by atoms with Crippen LogP contribution in [-0.4, -0.2) is 23.7 Å². The first kappa shape index (κ1) is 14.4. The summed E-state index contributed by atoms with van der Waals surface area (Å²) in [6, 6.07) is 1.99. The minimum absolute atomic E-state index is 0.145. The first-order valence-electron chi connectivity index (χ1n) is 6.28. The highest BCUT2D eigenvalue weighted by molar-refractivity contribution is 7.11. The average molecular weight is 292 g/mol. The first-order chi connectivity index (χ1) is 9.58. The SMILES string of the molecule is CC1=NNC(=O)C1CCC(=O)NN=Cc1sccc1C. The monoisotopic (exact) mass is 292 g/mol. The third-order valence-electron chi connectivity index (χ3n) is 3.10. The minimum Gasteiger partial charge on any atom is -0.273 e. The number of aryl methyl sites for hydroxylation is 1. The molecule has 0 fully saturated rings. The zero-order chi connectivity index (χ0) is 14.5. The summed E-state index contributed by atoms with van der Waals surface area (Å²) in [5, 5.41) is 9.72. The van der Waals surface area contributed by atoms with E-state index in [4.69, 9.17) is 0 Å². The van der Waals surface area contributed by atoms with Crippen LogP contribution in [0.1, 0.15) is 30.2 Å². The zero-order valence-corrected chi connectivity index (χ0v) is 12.2. The van der Waals surface area contributed by atoms with E-state index in [0.29, 0.717) is 6.42 Å². The fraction of sp³-hybridized carbons (Fsp3) is 0.385. The van der Waals surface area contributed by atoms with E-state index in [9.17, 15) is 9.59 Å². The molecule has 1 aliphatic rings. The molecule has 2 heterocycles. The molecule has 0 saturated carbocycles. The van der Waals surface area contributed by atoms with Gasteiger partial charge >= 0.3 is 0 Å². The maximum atomic E-state index is 11.6. The van der Waals surface area contributed by atoms with E-state index in [0.717, 1.165) is 16.2 Å². The van der Waals surface area contributed by atoms with Crippen LogP contribution in [0.4, 0.5) is 0 Å². The molecular formula is C13H16N4O2S. The van der Waals surface area contributed by atoms with Crippen molar-refractivity contribution in [3.63, 3.8) is 0 Å². The quantitative estimate of drug-likeness (QED) is 0.635. The summed E-state index contributed by atoms with van der Waals surface area (Å²) in [5.41, 5.74) is 6.72. The van der Waals surface area contributed by atoms with Crippen molar-refractivity contribution in [2.75, 3.05) is 0 Å². The van der Waals surface area contributed by atoms with Gasteiger partial charge in [-0.1, -0.05) is 0 Å². The van der Waals surface area contributed by atoms with Crippen molar-refractivity contribution in [3.8, 4) is 0 Å². The van der Waals surface area contributed by atoms with E-state index in [1.54, 1.807) is 24.5 Å². The van der Waals surface area contributed by atoms with Crippen LogP contribution in [-0.2, 0) is 9.59 Å². The molecule has 20 heavy (non-hydrogen) atoms. The van der Waals surface area contributed by atoms with Crippen molar-refractivity contribution in [2.24, 2.45) is 16.1 Å². The third kappa shape index (κ3) is 3.51. The summed E-state index contributed by atoms with van der Waals surface area (Å²) in [7, 11) is 0. The summed E-state index contributed by atoms with van der Waals surface area (Å²) < 4.78 is 0. The number of thiophene rings is 1. The van der Waals surface area contributed by atoms with Gasteiger partial charge in [-0.3, -0.25) is 9.59 Å². The van der Waals surface area contributed by atoms with E-state index in [1.807, 2.05) is 18.4 Å². The van der Waals surface area contributed by atoms with Crippen molar-refractivity contribution in [3.05, 3.63) is 21.9 Å². The molecule has 6 nitrogen and oxygen atoms in total. The molecule has 1 unspecified atom stereocenters.